The van der Waals surface area contributed by atoms with Crippen molar-refractivity contribution in [2.45, 2.75) is 19.3 Å². The molecule has 114 valence electrons. The highest BCUT2D eigenvalue weighted by Crippen LogP contribution is 2.32. The largest absolute Gasteiger partial charge is 0.470 e. The molecule has 0 fully saturated rings. The lowest BCUT2D eigenvalue weighted by Crippen LogP contribution is -2.39. The summed E-state index contributed by atoms with van der Waals surface area (Å²) in [5.41, 5.74) is 2.18. The number of ether oxygens (including phenoxy) is 1. The summed E-state index contributed by atoms with van der Waals surface area (Å²) in [6, 6.07) is 17.9. The van der Waals surface area contributed by atoms with Gasteiger partial charge in [0, 0.05) is 6.54 Å². The van der Waals surface area contributed by atoms with E-state index in [4.69, 9.17) is 4.74 Å². The van der Waals surface area contributed by atoms with Crippen molar-refractivity contribution in [3.8, 4) is 5.75 Å². The fraction of sp³-hybridized carbons (Fsp3) is 0.278. The van der Waals surface area contributed by atoms with Crippen LogP contribution >= 0.6 is 0 Å². The molecule has 0 aliphatic carbocycles. The molecule has 0 bridgehead atoms. The first-order valence-corrected chi connectivity index (χ1v) is 7.66. The molecule has 0 unspecified atom stereocenters. The molecule has 3 rings (SSSR count). The van der Waals surface area contributed by atoms with E-state index in [1.807, 2.05) is 30.3 Å². The van der Waals surface area contributed by atoms with Crippen LogP contribution in [-0.4, -0.2) is 19.3 Å². The molecule has 0 spiro atoms. The van der Waals surface area contributed by atoms with Crippen molar-refractivity contribution in [3.63, 3.8) is 0 Å². The lowest BCUT2D eigenvalue weighted by molar-refractivity contribution is 0.241. The maximum atomic E-state index is 12.2. The number of nitrogens with zero attached hydrogens (tertiary/aromatic N) is 1. The Balaban J connectivity index is 1.40. The molecule has 22 heavy (non-hydrogen) atoms. The van der Waals surface area contributed by atoms with E-state index >= 15 is 0 Å². The van der Waals surface area contributed by atoms with Gasteiger partial charge in [-0.3, -0.25) is 4.90 Å². The van der Waals surface area contributed by atoms with Crippen LogP contribution < -0.4 is 15.0 Å². The minimum absolute atomic E-state index is 0.0929. The summed E-state index contributed by atoms with van der Waals surface area (Å²) in [7, 11) is 0. The molecule has 2 amide bonds. The fourth-order valence-corrected chi connectivity index (χ4v) is 2.56. The van der Waals surface area contributed by atoms with Gasteiger partial charge in [0.25, 0.3) is 0 Å². The van der Waals surface area contributed by atoms with Crippen molar-refractivity contribution in [1.29, 1.82) is 0 Å². The molecular weight excluding hydrogens is 276 g/mol. The SMILES string of the molecule is O=C(NCCCCc1ccccc1)N1COc2ccccc21. The summed E-state index contributed by atoms with van der Waals surface area (Å²) < 4.78 is 5.48. The Labute approximate surface area is 130 Å². The standard InChI is InChI=1S/C18H20N2O2/c21-18(20-14-22-17-12-5-4-11-16(17)20)19-13-7-6-10-15-8-2-1-3-9-15/h1-5,8-9,11-12H,6-7,10,13-14H2,(H,19,21). The summed E-state index contributed by atoms with van der Waals surface area (Å²) in [4.78, 5) is 13.8. The second-order valence-corrected chi connectivity index (χ2v) is 5.34. The summed E-state index contributed by atoms with van der Waals surface area (Å²) in [5.74, 6) is 0.765. The predicted octanol–water partition coefficient (Wildman–Crippen LogP) is 3.58. The molecule has 1 heterocycles. The number of urea groups is 1. The van der Waals surface area contributed by atoms with Gasteiger partial charge in [-0.25, -0.2) is 4.79 Å². The minimum Gasteiger partial charge on any atom is -0.470 e. The van der Waals surface area contributed by atoms with Crippen LogP contribution in [-0.2, 0) is 6.42 Å². The number of nitrogens with one attached hydrogen (secondary N) is 1. The predicted molar refractivity (Wildman–Crippen MR) is 87.2 cm³/mol. The molecule has 4 heteroatoms. The number of hydrogen-bond acceptors (Lipinski definition) is 2. The number of rotatable bonds is 5. The molecule has 0 saturated carbocycles. The van der Waals surface area contributed by atoms with Crippen LogP contribution in [0.15, 0.2) is 54.6 Å². The third-order valence-electron chi connectivity index (χ3n) is 3.76. The van der Waals surface area contributed by atoms with E-state index in [0.717, 1.165) is 30.7 Å². The molecular formula is C18H20N2O2. The van der Waals surface area contributed by atoms with Crippen molar-refractivity contribution in [1.82, 2.24) is 5.32 Å². The number of hydrogen-bond donors (Lipinski definition) is 1. The van der Waals surface area contributed by atoms with Crippen LogP contribution in [0.3, 0.4) is 0 Å². The van der Waals surface area contributed by atoms with Gasteiger partial charge in [-0.05, 0) is 37.0 Å². The van der Waals surface area contributed by atoms with Crippen LogP contribution in [0.2, 0.25) is 0 Å². The molecule has 1 aliphatic heterocycles. The Hall–Kier alpha value is -2.49. The van der Waals surface area contributed by atoms with E-state index in [1.165, 1.54) is 5.56 Å². The second-order valence-electron chi connectivity index (χ2n) is 5.34. The zero-order valence-corrected chi connectivity index (χ0v) is 12.5. The molecule has 4 nitrogen and oxygen atoms in total. The third-order valence-corrected chi connectivity index (χ3v) is 3.76. The van der Waals surface area contributed by atoms with E-state index in [0.29, 0.717) is 6.54 Å². The number of para-hydroxylation sites is 2. The van der Waals surface area contributed by atoms with Gasteiger partial charge in [0.15, 0.2) is 6.73 Å². The van der Waals surface area contributed by atoms with Gasteiger partial charge in [0.05, 0.1) is 5.69 Å². The van der Waals surface area contributed by atoms with Crippen molar-refractivity contribution in [2.75, 3.05) is 18.2 Å². The Bertz CT molecular complexity index is 628. The number of fused-ring (bicyclic) bond motifs is 1. The molecule has 0 aromatic heterocycles. The highest BCUT2D eigenvalue weighted by Gasteiger charge is 2.25. The molecule has 1 N–H and O–H groups in total. The van der Waals surface area contributed by atoms with Gasteiger partial charge in [-0.2, -0.15) is 0 Å². The highest BCUT2D eigenvalue weighted by molar-refractivity contribution is 5.94. The quantitative estimate of drug-likeness (QED) is 0.857. The fourth-order valence-electron chi connectivity index (χ4n) is 2.56. The van der Waals surface area contributed by atoms with Gasteiger partial charge in [-0.15, -0.1) is 0 Å². The molecule has 2 aromatic rings. The van der Waals surface area contributed by atoms with E-state index in [2.05, 4.69) is 29.6 Å². The van der Waals surface area contributed by atoms with Gasteiger partial charge >= 0.3 is 6.03 Å². The first-order chi connectivity index (χ1) is 10.8. The number of anilines is 1. The zero-order valence-electron chi connectivity index (χ0n) is 12.5. The molecule has 0 atom stereocenters. The Morgan fingerprint density at radius 1 is 1.05 bits per heavy atom. The van der Waals surface area contributed by atoms with E-state index < -0.39 is 0 Å². The maximum absolute atomic E-state index is 12.2. The molecule has 0 radical (unpaired) electrons. The zero-order chi connectivity index (χ0) is 15.2. The minimum atomic E-state index is -0.0929. The Morgan fingerprint density at radius 3 is 2.68 bits per heavy atom. The number of carbonyl (C=O) groups excluding carboxylic acids is 1. The van der Waals surface area contributed by atoms with E-state index in [9.17, 15) is 4.79 Å². The van der Waals surface area contributed by atoms with Gasteiger partial charge in [-0.1, -0.05) is 42.5 Å². The highest BCUT2D eigenvalue weighted by atomic mass is 16.5. The summed E-state index contributed by atoms with van der Waals surface area (Å²) >= 11 is 0. The van der Waals surface area contributed by atoms with Crippen molar-refractivity contribution >= 4 is 11.7 Å². The average molecular weight is 296 g/mol. The summed E-state index contributed by atoms with van der Waals surface area (Å²) in [6.45, 7) is 0.972. The number of carbonyl (C=O) groups is 1. The van der Waals surface area contributed by atoms with E-state index in [1.54, 1.807) is 4.90 Å². The van der Waals surface area contributed by atoms with Crippen molar-refractivity contribution in [3.05, 3.63) is 60.2 Å². The molecule has 0 saturated heterocycles. The van der Waals surface area contributed by atoms with Gasteiger partial charge < -0.3 is 10.1 Å². The third kappa shape index (κ3) is 3.39. The van der Waals surface area contributed by atoms with Gasteiger partial charge in [0.2, 0.25) is 0 Å². The Kier molecular flexibility index (Phi) is 4.59. The van der Waals surface area contributed by atoms with E-state index in [-0.39, 0.29) is 12.8 Å². The van der Waals surface area contributed by atoms with Crippen molar-refractivity contribution < 1.29 is 9.53 Å². The normalized spacial score (nSPS) is 12.6. The van der Waals surface area contributed by atoms with Crippen LogP contribution in [0.4, 0.5) is 10.5 Å². The Morgan fingerprint density at radius 2 is 1.82 bits per heavy atom. The summed E-state index contributed by atoms with van der Waals surface area (Å²) in [5, 5.41) is 2.96. The first kappa shape index (κ1) is 14.4. The smallest absolute Gasteiger partial charge is 0.324 e. The van der Waals surface area contributed by atoms with Crippen LogP contribution in [0.5, 0.6) is 5.75 Å². The van der Waals surface area contributed by atoms with Crippen LogP contribution in [0.1, 0.15) is 18.4 Å². The molecule has 1 aliphatic rings. The first-order valence-electron chi connectivity index (χ1n) is 7.66. The number of benzene rings is 2. The molecule has 2 aromatic carbocycles. The maximum Gasteiger partial charge on any atom is 0.324 e. The number of amides is 2. The lowest BCUT2D eigenvalue weighted by Gasteiger charge is -2.15. The van der Waals surface area contributed by atoms with Gasteiger partial charge in [0.1, 0.15) is 5.75 Å². The monoisotopic (exact) mass is 296 g/mol. The number of aryl methyl sites for hydroxylation is 1. The topological polar surface area (TPSA) is 41.6 Å². The number of unbranched alkanes of at least 4 members (excludes halogenated alkanes) is 1. The average Bonchev–Trinajstić information content (AvgIpc) is 2.99. The lowest BCUT2D eigenvalue weighted by atomic mass is 10.1. The van der Waals surface area contributed by atoms with Crippen molar-refractivity contribution in [2.24, 2.45) is 0 Å². The van der Waals surface area contributed by atoms with Crippen LogP contribution in [0, 0.1) is 0 Å². The summed E-state index contributed by atoms with van der Waals surface area (Å²) in [6.07, 6.45) is 3.08. The second kappa shape index (κ2) is 6.98. The van der Waals surface area contributed by atoms with Crippen LogP contribution in [0.25, 0.3) is 0 Å².